The molecule has 0 bridgehead atoms. The molecule has 3 saturated heterocycles. The Bertz CT molecular complexity index is 622. The molecule has 3 fully saturated rings. The van der Waals surface area contributed by atoms with E-state index in [1.54, 1.807) is 21.6 Å². The Balaban J connectivity index is 1.72. The lowest BCUT2D eigenvalue weighted by atomic mass is 10.1. The summed E-state index contributed by atoms with van der Waals surface area (Å²) in [5.74, 6) is -0.762. The number of likely N-dealkylation sites (tertiary alicyclic amines) is 3. The molecule has 0 N–H and O–H groups in total. The molecule has 0 aromatic rings. The molecule has 150 valence electrons. The SMILES string of the molecule is CCOC(=O)[C@@H]1CCCN1C(=O)[C@@H]1CCCN1C(=O)[C@@H]1CCCN1C(C)=O. The number of amides is 3. The molecule has 3 aliphatic rings. The lowest BCUT2D eigenvalue weighted by molar-refractivity contribution is -0.156. The van der Waals surface area contributed by atoms with Crippen LogP contribution in [-0.2, 0) is 23.9 Å². The van der Waals surface area contributed by atoms with Gasteiger partial charge in [0.05, 0.1) is 6.61 Å². The predicted octanol–water partition coefficient (Wildman–Crippen LogP) is 0.542. The Labute approximate surface area is 159 Å². The molecule has 0 aliphatic carbocycles. The van der Waals surface area contributed by atoms with Gasteiger partial charge in [0.2, 0.25) is 17.7 Å². The molecule has 3 heterocycles. The minimum absolute atomic E-state index is 0.102. The lowest BCUT2D eigenvalue weighted by Gasteiger charge is -2.33. The number of carbonyl (C=O) groups is 4. The molecule has 0 aromatic carbocycles. The summed E-state index contributed by atoms with van der Waals surface area (Å²) in [5, 5.41) is 0. The van der Waals surface area contributed by atoms with Gasteiger partial charge >= 0.3 is 5.97 Å². The number of hydrogen-bond acceptors (Lipinski definition) is 5. The van der Waals surface area contributed by atoms with Gasteiger partial charge in [-0.15, -0.1) is 0 Å². The number of hydrogen-bond donors (Lipinski definition) is 0. The number of nitrogens with zero attached hydrogens (tertiary/aromatic N) is 3. The van der Waals surface area contributed by atoms with Gasteiger partial charge in [0.15, 0.2) is 0 Å². The van der Waals surface area contributed by atoms with Gasteiger partial charge in [-0.1, -0.05) is 0 Å². The van der Waals surface area contributed by atoms with E-state index in [0.29, 0.717) is 38.9 Å². The van der Waals surface area contributed by atoms with E-state index < -0.39 is 18.1 Å². The van der Waals surface area contributed by atoms with Crippen molar-refractivity contribution in [3.63, 3.8) is 0 Å². The predicted molar refractivity (Wildman–Crippen MR) is 96.5 cm³/mol. The first kappa shape index (κ1) is 19.6. The van der Waals surface area contributed by atoms with Crippen molar-refractivity contribution in [3.8, 4) is 0 Å². The van der Waals surface area contributed by atoms with E-state index in [-0.39, 0.29) is 30.3 Å². The molecule has 8 nitrogen and oxygen atoms in total. The smallest absolute Gasteiger partial charge is 0.328 e. The van der Waals surface area contributed by atoms with E-state index >= 15 is 0 Å². The van der Waals surface area contributed by atoms with Crippen molar-refractivity contribution in [3.05, 3.63) is 0 Å². The summed E-state index contributed by atoms with van der Waals surface area (Å²) < 4.78 is 5.11. The first-order chi connectivity index (χ1) is 13.0. The number of ether oxygens (including phenoxy) is 1. The third-order valence-electron chi connectivity index (χ3n) is 5.86. The van der Waals surface area contributed by atoms with Crippen LogP contribution in [0.3, 0.4) is 0 Å². The first-order valence-electron chi connectivity index (χ1n) is 10.0. The highest BCUT2D eigenvalue weighted by Gasteiger charge is 2.45. The Morgan fingerprint density at radius 2 is 1.22 bits per heavy atom. The van der Waals surface area contributed by atoms with E-state index in [1.165, 1.54) is 6.92 Å². The van der Waals surface area contributed by atoms with E-state index in [1.807, 2.05) is 0 Å². The third-order valence-corrected chi connectivity index (χ3v) is 5.86. The Morgan fingerprint density at radius 1 is 0.778 bits per heavy atom. The van der Waals surface area contributed by atoms with Gasteiger partial charge < -0.3 is 19.4 Å². The Kier molecular flexibility index (Phi) is 6.01. The van der Waals surface area contributed by atoms with Crippen molar-refractivity contribution in [2.75, 3.05) is 26.2 Å². The van der Waals surface area contributed by atoms with E-state index in [9.17, 15) is 19.2 Å². The molecule has 3 amide bonds. The zero-order chi connectivity index (χ0) is 19.6. The second-order valence-electron chi connectivity index (χ2n) is 7.50. The van der Waals surface area contributed by atoms with Crippen LogP contribution in [0.4, 0.5) is 0 Å². The molecular weight excluding hydrogens is 350 g/mol. The highest BCUT2D eigenvalue weighted by molar-refractivity contribution is 5.94. The Hall–Kier alpha value is -2.12. The zero-order valence-corrected chi connectivity index (χ0v) is 16.2. The van der Waals surface area contributed by atoms with Crippen LogP contribution in [0.25, 0.3) is 0 Å². The molecule has 8 heteroatoms. The van der Waals surface area contributed by atoms with Crippen LogP contribution in [-0.4, -0.2) is 82.8 Å². The average molecular weight is 379 g/mol. The van der Waals surface area contributed by atoms with Crippen LogP contribution in [0, 0.1) is 0 Å². The maximum absolute atomic E-state index is 13.2. The van der Waals surface area contributed by atoms with Gasteiger partial charge in [-0.2, -0.15) is 0 Å². The van der Waals surface area contributed by atoms with Gasteiger partial charge in [-0.25, -0.2) is 4.79 Å². The van der Waals surface area contributed by atoms with E-state index in [4.69, 9.17) is 4.74 Å². The van der Waals surface area contributed by atoms with Gasteiger partial charge in [-0.05, 0) is 45.4 Å². The van der Waals surface area contributed by atoms with E-state index in [0.717, 1.165) is 19.3 Å². The summed E-state index contributed by atoms with van der Waals surface area (Å²) in [5.41, 5.74) is 0. The highest BCUT2D eigenvalue weighted by Crippen LogP contribution is 2.28. The largest absolute Gasteiger partial charge is 0.464 e. The van der Waals surface area contributed by atoms with Gasteiger partial charge in [-0.3, -0.25) is 14.4 Å². The monoisotopic (exact) mass is 379 g/mol. The minimum Gasteiger partial charge on any atom is -0.464 e. The summed E-state index contributed by atoms with van der Waals surface area (Å²) in [7, 11) is 0. The molecule has 3 rings (SSSR count). The van der Waals surface area contributed by atoms with Crippen molar-refractivity contribution in [1.82, 2.24) is 14.7 Å². The second-order valence-corrected chi connectivity index (χ2v) is 7.50. The average Bonchev–Trinajstić information content (AvgIpc) is 3.40. The maximum Gasteiger partial charge on any atom is 0.328 e. The molecule has 0 unspecified atom stereocenters. The summed E-state index contributed by atoms with van der Waals surface area (Å²) in [4.78, 5) is 55.1. The maximum atomic E-state index is 13.2. The molecular formula is C19H29N3O5. The fraction of sp³-hybridized carbons (Fsp3) is 0.789. The Morgan fingerprint density at radius 3 is 1.74 bits per heavy atom. The normalized spacial score (nSPS) is 27.9. The molecule has 3 atom stereocenters. The standard InChI is InChI=1S/C19H29N3O5/c1-3-27-19(26)16-9-6-12-22(16)18(25)15-8-5-11-21(15)17(24)14-7-4-10-20(14)13(2)23/h14-16H,3-12H2,1-2H3/t14-,15-,16-/m0/s1. The summed E-state index contributed by atoms with van der Waals surface area (Å²) >= 11 is 0. The van der Waals surface area contributed by atoms with Crippen molar-refractivity contribution in [2.45, 2.75) is 70.5 Å². The van der Waals surface area contributed by atoms with Crippen molar-refractivity contribution >= 4 is 23.7 Å². The topological polar surface area (TPSA) is 87.2 Å². The van der Waals surface area contributed by atoms with Crippen molar-refractivity contribution in [1.29, 1.82) is 0 Å². The fourth-order valence-electron chi connectivity index (χ4n) is 4.58. The summed E-state index contributed by atoms with van der Waals surface area (Å²) in [6.45, 7) is 5.15. The van der Waals surface area contributed by atoms with Crippen LogP contribution in [0.1, 0.15) is 52.4 Å². The molecule has 27 heavy (non-hydrogen) atoms. The number of carbonyl (C=O) groups excluding carboxylic acids is 4. The summed E-state index contributed by atoms with van der Waals surface area (Å²) in [6.07, 6.45) is 4.17. The van der Waals surface area contributed by atoms with Crippen LogP contribution < -0.4 is 0 Å². The van der Waals surface area contributed by atoms with Crippen LogP contribution in [0.15, 0.2) is 0 Å². The molecule has 0 saturated carbocycles. The second kappa shape index (κ2) is 8.27. The van der Waals surface area contributed by atoms with Crippen LogP contribution in [0.5, 0.6) is 0 Å². The molecule has 0 radical (unpaired) electrons. The third kappa shape index (κ3) is 3.80. The first-order valence-corrected chi connectivity index (χ1v) is 10.0. The zero-order valence-electron chi connectivity index (χ0n) is 16.2. The molecule has 0 spiro atoms. The van der Waals surface area contributed by atoms with Gasteiger partial charge in [0.1, 0.15) is 18.1 Å². The number of rotatable bonds is 4. The van der Waals surface area contributed by atoms with E-state index in [2.05, 4.69) is 0 Å². The highest BCUT2D eigenvalue weighted by atomic mass is 16.5. The van der Waals surface area contributed by atoms with Gasteiger partial charge in [0, 0.05) is 26.6 Å². The van der Waals surface area contributed by atoms with Crippen LogP contribution in [0.2, 0.25) is 0 Å². The fourth-order valence-corrected chi connectivity index (χ4v) is 4.58. The molecule has 3 aliphatic heterocycles. The lowest BCUT2D eigenvalue weighted by Crippen LogP contribution is -2.54. The number of esters is 1. The quantitative estimate of drug-likeness (QED) is 0.666. The minimum atomic E-state index is -0.546. The van der Waals surface area contributed by atoms with Crippen molar-refractivity contribution in [2.24, 2.45) is 0 Å². The van der Waals surface area contributed by atoms with Gasteiger partial charge in [0.25, 0.3) is 0 Å². The molecule has 0 aromatic heterocycles. The van der Waals surface area contributed by atoms with Crippen molar-refractivity contribution < 1.29 is 23.9 Å². The van der Waals surface area contributed by atoms with Crippen LogP contribution >= 0.6 is 0 Å². The summed E-state index contributed by atoms with van der Waals surface area (Å²) in [6, 6.07) is -1.55.